The molecule has 0 saturated heterocycles. The van der Waals surface area contributed by atoms with Gasteiger partial charge in [-0.1, -0.05) is 18.9 Å². The van der Waals surface area contributed by atoms with Crippen LogP contribution in [0.1, 0.15) is 44.1 Å². The summed E-state index contributed by atoms with van der Waals surface area (Å²) >= 11 is 6.45. The Bertz CT molecular complexity index is 388. The number of halogens is 1. The molecule has 2 nitrogen and oxygen atoms in total. The normalized spacial score (nSPS) is 16.4. The second-order valence-corrected chi connectivity index (χ2v) is 5.25. The van der Waals surface area contributed by atoms with Crippen molar-refractivity contribution in [3.63, 3.8) is 0 Å². The summed E-state index contributed by atoms with van der Waals surface area (Å²) in [4.78, 5) is 0. The zero-order valence-electron chi connectivity index (χ0n) is 11.1. The van der Waals surface area contributed by atoms with Gasteiger partial charge in [-0.25, -0.2) is 0 Å². The van der Waals surface area contributed by atoms with E-state index < -0.39 is 0 Å². The van der Waals surface area contributed by atoms with Crippen LogP contribution < -0.4 is 9.47 Å². The number of benzene rings is 1. The molecule has 1 aliphatic rings. The standard InChI is InChI=1S/C15H21ClO2/c1-3-17-14-8-7-12(10-15(14)18-4-2)13(16)9-11-5-6-11/h7-8,10-11,13H,3-6,9H2,1-2H3. The fourth-order valence-corrected chi connectivity index (χ4v) is 2.43. The number of rotatable bonds is 7. The van der Waals surface area contributed by atoms with E-state index in [2.05, 4.69) is 0 Å². The lowest BCUT2D eigenvalue weighted by Gasteiger charge is -2.15. The van der Waals surface area contributed by atoms with Crippen molar-refractivity contribution in [3.05, 3.63) is 23.8 Å². The summed E-state index contributed by atoms with van der Waals surface area (Å²) in [6.07, 6.45) is 3.73. The van der Waals surface area contributed by atoms with Gasteiger partial charge in [-0.3, -0.25) is 0 Å². The zero-order chi connectivity index (χ0) is 13.0. The van der Waals surface area contributed by atoms with Crippen LogP contribution in [0.2, 0.25) is 0 Å². The first kappa shape index (κ1) is 13.5. The minimum absolute atomic E-state index is 0.0902. The highest BCUT2D eigenvalue weighted by Crippen LogP contribution is 2.42. The molecule has 0 amide bonds. The Labute approximate surface area is 114 Å². The van der Waals surface area contributed by atoms with Crippen molar-refractivity contribution >= 4 is 11.6 Å². The molecule has 2 rings (SSSR count). The van der Waals surface area contributed by atoms with Crippen LogP contribution in [0.3, 0.4) is 0 Å². The quantitative estimate of drug-likeness (QED) is 0.675. The Morgan fingerprint density at radius 3 is 2.44 bits per heavy atom. The van der Waals surface area contributed by atoms with E-state index in [0.29, 0.717) is 13.2 Å². The number of hydrogen-bond donors (Lipinski definition) is 0. The summed E-state index contributed by atoms with van der Waals surface area (Å²) < 4.78 is 11.2. The van der Waals surface area contributed by atoms with Crippen LogP contribution in [-0.2, 0) is 0 Å². The minimum Gasteiger partial charge on any atom is -0.490 e. The molecule has 0 N–H and O–H groups in total. The number of alkyl halides is 1. The van der Waals surface area contributed by atoms with Crippen molar-refractivity contribution in [1.82, 2.24) is 0 Å². The van der Waals surface area contributed by atoms with Gasteiger partial charge >= 0.3 is 0 Å². The Balaban J connectivity index is 2.12. The highest BCUT2D eigenvalue weighted by atomic mass is 35.5. The lowest BCUT2D eigenvalue weighted by Crippen LogP contribution is -2.00. The molecule has 0 heterocycles. The highest BCUT2D eigenvalue weighted by molar-refractivity contribution is 6.20. The van der Waals surface area contributed by atoms with Gasteiger partial charge in [-0.15, -0.1) is 11.6 Å². The Hall–Kier alpha value is -0.890. The van der Waals surface area contributed by atoms with E-state index in [1.165, 1.54) is 12.8 Å². The molecule has 0 bridgehead atoms. The topological polar surface area (TPSA) is 18.5 Å². The van der Waals surface area contributed by atoms with Crippen LogP contribution in [0.25, 0.3) is 0 Å². The Kier molecular flexibility index (Phi) is 4.76. The van der Waals surface area contributed by atoms with E-state index in [4.69, 9.17) is 21.1 Å². The molecule has 1 atom stereocenters. The first-order valence-electron chi connectivity index (χ1n) is 6.78. The predicted octanol–water partition coefficient (Wildman–Crippen LogP) is 4.56. The van der Waals surface area contributed by atoms with Gasteiger partial charge < -0.3 is 9.47 Å². The highest BCUT2D eigenvalue weighted by Gasteiger charge is 2.25. The van der Waals surface area contributed by atoms with E-state index in [1.807, 2.05) is 32.0 Å². The van der Waals surface area contributed by atoms with Crippen LogP contribution in [0.4, 0.5) is 0 Å². The van der Waals surface area contributed by atoms with Crippen LogP contribution in [0, 0.1) is 5.92 Å². The summed E-state index contributed by atoms with van der Waals surface area (Å²) in [7, 11) is 0. The monoisotopic (exact) mass is 268 g/mol. The first-order valence-corrected chi connectivity index (χ1v) is 7.21. The van der Waals surface area contributed by atoms with Crippen molar-refractivity contribution in [2.75, 3.05) is 13.2 Å². The molecule has 1 aromatic carbocycles. The first-order chi connectivity index (χ1) is 8.74. The third kappa shape index (κ3) is 3.55. The fraction of sp³-hybridized carbons (Fsp3) is 0.600. The summed E-state index contributed by atoms with van der Waals surface area (Å²) in [5.74, 6) is 2.44. The van der Waals surface area contributed by atoms with Gasteiger partial charge in [0.1, 0.15) is 0 Å². The summed E-state index contributed by atoms with van der Waals surface area (Å²) in [6.45, 7) is 5.23. The maximum absolute atomic E-state index is 6.45. The average molecular weight is 269 g/mol. The maximum Gasteiger partial charge on any atom is 0.161 e. The molecular weight excluding hydrogens is 248 g/mol. The molecule has 1 unspecified atom stereocenters. The fourth-order valence-electron chi connectivity index (χ4n) is 2.04. The van der Waals surface area contributed by atoms with E-state index in [-0.39, 0.29) is 5.38 Å². The molecule has 1 aliphatic carbocycles. The molecule has 0 radical (unpaired) electrons. The van der Waals surface area contributed by atoms with E-state index in [9.17, 15) is 0 Å². The zero-order valence-corrected chi connectivity index (χ0v) is 11.9. The third-order valence-corrected chi connectivity index (χ3v) is 3.60. The van der Waals surface area contributed by atoms with Crippen LogP contribution in [0.5, 0.6) is 11.5 Å². The van der Waals surface area contributed by atoms with E-state index in [0.717, 1.165) is 29.4 Å². The van der Waals surface area contributed by atoms with Crippen molar-refractivity contribution in [2.45, 2.75) is 38.5 Å². The smallest absolute Gasteiger partial charge is 0.161 e. The maximum atomic E-state index is 6.45. The van der Waals surface area contributed by atoms with Crippen LogP contribution in [0.15, 0.2) is 18.2 Å². The Morgan fingerprint density at radius 2 is 1.83 bits per heavy atom. The number of hydrogen-bond acceptors (Lipinski definition) is 2. The van der Waals surface area contributed by atoms with Crippen LogP contribution in [-0.4, -0.2) is 13.2 Å². The molecular formula is C15H21ClO2. The molecule has 0 aromatic heterocycles. The van der Waals surface area contributed by atoms with Crippen molar-refractivity contribution < 1.29 is 9.47 Å². The summed E-state index contributed by atoms with van der Waals surface area (Å²) in [6, 6.07) is 6.04. The van der Waals surface area contributed by atoms with Gasteiger partial charge in [0.15, 0.2) is 11.5 Å². The summed E-state index contributed by atoms with van der Waals surface area (Å²) in [5, 5.41) is 0.0902. The van der Waals surface area contributed by atoms with Gasteiger partial charge in [0, 0.05) is 0 Å². The second-order valence-electron chi connectivity index (χ2n) is 4.72. The van der Waals surface area contributed by atoms with Gasteiger partial charge in [-0.2, -0.15) is 0 Å². The summed E-state index contributed by atoms with van der Waals surface area (Å²) in [5.41, 5.74) is 1.13. The van der Waals surface area contributed by atoms with Crippen molar-refractivity contribution in [3.8, 4) is 11.5 Å². The second kappa shape index (κ2) is 6.33. The van der Waals surface area contributed by atoms with Gasteiger partial charge in [0.05, 0.1) is 18.6 Å². The third-order valence-electron chi connectivity index (χ3n) is 3.17. The molecule has 0 aliphatic heterocycles. The average Bonchev–Trinajstić information content (AvgIpc) is 3.16. The molecule has 3 heteroatoms. The largest absolute Gasteiger partial charge is 0.490 e. The van der Waals surface area contributed by atoms with E-state index >= 15 is 0 Å². The molecule has 1 aromatic rings. The molecule has 0 spiro atoms. The molecule has 1 fully saturated rings. The van der Waals surface area contributed by atoms with Gasteiger partial charge in [-0.05, 0) is 43.9 Å². The lowest BCUT2D eigenvalue weighted by molar-refractivity contribution is 0.287. The van der Waals surface area contributed by atoms with Crippen LogP contribution >= 0.6 is 11.6 Å². The SMILES string of the molecule is CCOc1ccc(C(Cl)CC2CC2)cc1OCC. The molecule has 100 valence electrons. The van der Waals surface area contributed by atoms with Gasteiger partial charge in [0.2, 0.25) is 0 Å². The predicted molar refractivity (Wildman–Crippen MR) is 74.7 cm³/mol. The Morgan fingerprint density at radius 1 is 1.17 bits per heavy atom. The number of ether oxygens (including phenoxy) is 2. The molecule has 1 saturated carbocycles. The van der Waals surface area contributed by atoms with Gasteiger partial charge in [0.25, 0.3) is 0 Å². The lowest BCUT2D eigenvalue weighted by atomic mass is 10.1. The van der Waals surface area contributed by atoms with Crippen molar-refractivity contribution in [1.29, 1.82) is 0 Å². The molecule has 18 heavy (non-hydrogen) atoms. The van der Waals surface area contributed by atoms with E-state index in [1.54, 1.807) is 0 Å². The minimum atomic E-state index is 0.0902. The van der Waals surface area contributed by atoms with Crippen molar-refractivity contribution in [2.24, 2.45) is 5.92 Å².